The van der Waals surface area contributed by atoms with Gasteiger partial charge in [-0.3, -0.25) is 0 Å². The van der Waals surface area contributed by atoms with Gasteiger partial charge < -0.3 is 24.4 Å². The maximum atomic E-state index is 12.7. The zero-order chi connectivity index (χ0) is 20.1. The molecule has 0 aliphatic carbocycles. The Morgan fingerprint density at radius 3 is 2.64 bits per heavy atom. The standard InChI is InChI=1S/C20H26N4O4/c1-13-10-19(22-14(2)21-13)28-16-6-5-9-24(12-16)20(25)23-15-7-8-17(26-3)18(11-15)27-4/h7-8,10-11,16H,5-6,9,12H2,1-4H3,(H,23,25)/t16-/m0/s1. The quantitative estimate of drug-likeness (QED) is 0.849. The maximum Gasteiger partial charge on any atom is 0.321 e. The molecule has 0 unspecified atom stereocenters. The number of benzene rings is 1. The number of likely N-dealkylation sites (tertiary alicyclic amines) is 1. The molecule has 1 fully saturated rings. The first-order valence-corrected chi connectivity index (χ1v) is 9.25. The van der Waals surface area contributed by atoms with Gasteiger partial charge in [0, 0.05) is 30.1 Å². The summed E-state index contributed by atoms with van der Waals surface area (Å²) in [5.74, 6) is 2.41. The molecule has 0 saturated carbocycles. The van der Waals surface area contributed by atoms with Crippen LogP contribution >= 0.6 is 0 Å². The van der Waals surface area contributed by atoms with Gasteiger partial charge in [-0.05, 0) is 38.8 Å². The van der Waals surface area contributed by atoms with E-state index in [1.54, 1.807) is 37.3 Å². The molecule has 1 aliphatic heterocycles. The predicted molar refractivity (Wildman–Crippen MR) is 105 cm³/mol. The normalized spacial score (nSPS) is 16.4. The molecule has 8 nitrogen and oxygen atoms in total. The van der Waals surface area contributed by atoms with Gasteiger partial charge in [0.1, 0.15) is 11.9 Å². The van der Waals surface area contributed by atoms with E-state index in [1.807, 2.05) is 19.9 Å². The molecule has 3 rings (SSSR count). The molecule has 1 aromatic carbocycles. The fraction of sp³-hybridized carbons (Fsp3) is 0.450. The number of hydrogen-bond donors (Lipinski definition) is 1. The zero-order valence-electron chi connectivity index (χ0n) is 16.7. The molecule has 0 bridgehead atoms. The minimum Gasteiger partial charge on any atom is -0.493 e. The molecule has 1 aliphatic rings. The summed E-state index contributed by atoms with van der Waals surface area (Å²) in [5.41, 5.74) is 1.51. The Bertz CT molecular complexity index is 823. The SMILES string of the molecule is COc1ccc(NC(=O)N2CCC[C@H](Oc3cc(C)nc(C)n3)C2)cc1OC. The van der Waals surface area contributed by atoms with Gasteiger partial charge in [0.2, 0.25) is 5.88 Å². The number of rotatable bonds is 5. The minimum atomic E-state index is -0.171. The number of urea groups is 1. The third kappa shape index (κ3) is 4.82. The van der Waals surface area contributed by atoms with E-state index in [1.165, 1.54) is 0 Å². The summed E-state index contributed by atoms with van der Waals surface area (Å²) in [4.78, 5) is 23.0. The van der Waals surface area contributed by atoms with E-state index < -0.39 is 0 Å². The number of aryl methyl sites for hydroxylation is 2. The van der Waals surface area contributed by atoms with Crippen LogP contribution in [0.15, 0.2) is 24.3 Å². The number of piperidine rings is 1. The molecule has 2 aromatic rings. The van der Waals surface area contributed by atoms with Crippen LogP contribution in [0.1, 0.15) is 24.4 Å². The summed E-state index contributed by atoms with van der Waals surface area (Å²) in [6, 6.07) is 6.92. The van der Waals surface area contributed by atoms with Crippen LogP contribution in [0.3, 0.4) is 0 Å². The van der Waals surface area contributed by atoms with Crippen molar-refractivity contribution in [2.24, 2.45) is 0 Å². The van der Waals surface area contributed by atoms with Crippen LogP contribution in [-0.2, 0) is 0 Å². The van der Waals surface area contributed by atoms with Crippen molar-refractivity contribution < 1.29 is 19.0 Å². The number of carbonyl (C=O) groups is 1. The lowest BCUT2D eigenvalue weighted by molar-refractivity contribution is 0.102. The Labute approximate surface area is 164 Å². The highest BCUT2D eigenvalue weighted by atomic mass is 16.5. The van der Waals surface area contributed by atoms with Gasteiger partial charge >= 0.3 is 6.03 Å². The summed E-state index contributed by atoms with van der Waals surface area (Å²) in [6.45, 7) is 4.93. The monoisotopic (exact) mass is 386 g/mol. The first-order valence-electron chi connectivity index (χ1n) is 9.25. The first kappa shape index (κ1) is 19.7. The Kier molecular flexibility index (Phi) is 6.18. The summed E-state index contributed by atoms with van der Waals surface area (Å²) in [5, 5.41) is 2.91. The van der Waals surface area contributed by atoms with Crippen molar-refractivity contribution in [1.29, 1.82) is 0 Å². The average molecular weight is 386 g/mol. The number of nitrogens with one attached hydrogen (secondary N) is 1. The second kappa shape index (κ2) is 8.77. The Morgan fingerprint density at radius 1 is 1.14 bits per heavy atom. The number of anilines is 1. The van der Waals surface area contributed by atoms with Crippen LogP contribution in [0.4, 0.5) is 10.5 Å². The number of amides is 2. The molecule has 0 spiro atoms. The number of methoxy groups -OCH3 is 2. The lowest BCUT2D eigenvalue weighted by Gasteiger charge is -2.32. The molecule has 0 radical (unpaired) electrons. The highest BCUT2D eigenvalue weighted by Gasteiger charge is 2.25. The second-order valence-electron chi connectivity index (χ2n) is 6.72. The van der Waals surface area contributed by atoms with Crippen LogP contribution in [0.5, 0.6) is 17.4 Å². The van der Waals surface area contributed by atoms with Crippen molar-refractivity contribution in [2.45, 2.75) is 32.8 Å². The summed E-state index contributed by atoms with van der Waals surface area (Å²) in [7, 11) is 3.14. The molecule has 150 valence electrons. The van der Waals surface area contributed by atoms with Crippen LogP contribution < -0.4 is 19.5 Å². The molecule has 8 heteroatoms. The van der Waals surface area contributed by atoms with Crippen LogP contribution in [0, 0.1) is 13.8 Å². The van der Waals surface area contributed by atoms with Gasteiger partial charge in [0.05, 0.1) is 20.8 Å². The molecular weight excluding hydrogens is 360 g/mol. The number of nitrogens with zero attached hydrogens (tertiary/aromatic N) is 3. The van der Waals surface area contributed by atoms with Crippen molar-refractivity contribution in [3.63, 3.8) is 0 Å². The lowest BCUT2D eigenvalue weighted by Crippen LogP contribution is -2.46. The molecule has 1 atom stereocenters. The number of aromatic nitrogens is 2. The number of hydrogen-bond acceptors (Lipinski definition) is 6. The van der Waals surface area contributed by atoms with Gasteiger partial charge in [-0.2, -0.15) is 4.98 Å². The van der Waals surface area contributed by atoms with Crippen LogP contribution in [0.2, 0.25) is 0 Å². The molecule has 1 N–H and O–H groups in total. The van der Waals surface area contributed by atoms with Crippen molar-refractivity contribution in [2.75, 3.05) is 32.6 Å². The van der Waals surface area contributed by atoms with Gasteiger partial charge in [-0.15, -0.1) is 0 Å². The van der Waals surface area contributed by atoms with Crippen molar-refractivity contribution >= 4 is 11.7 Å². The van der Waals surface area contributed by atoms with E-state index in [4.69, 9.17) is 14.2 Å². The molecule has 28 heavy (non-hydrogen) atoms. The van der Waals surface area contributed by atoms with E-state index in [-0.39, 0.29) is 12.1 Å². The highest BCUT2D eigenvalue weighted by molar-refractivity contribution is 5.89. The minimum absolute atomic E-state index is 0.0985. The van der Waals surface area contributed by atoms with E-state index in [2.05, 4.69) is 15.3 Å². The molecular formula is C20H26N4O4. The van der Waals surface area contributed by atoms with Crippen LogP contribution in [-0.4, -0.2) is 54.3 Å². The third-order valence-corrected chi connectivity index (χ3v) is 4.53. The fourth-order valence-corrected chi connectivity index (χ4v) is 3.25. The predicted octanol–water partition coefficient (Wildman–Crippen LogP) is 3.19. The Balaban J connectivity index is 1.62. The van der Waals surface area contributed by atoms with E-state index in [0.29, 0.717) is 42.0 Å². The maximum absolute atomic E-state index is 12.7. The van der Waals surface area contributed by atoms with E-state index in [0.717, 1.165) is 18.5 Å². The summed E-state index contributed by atoms with van der Waals surface area (Å²) in [6.07, 6.45) is 1.65. The van der Waals surface area contributed by atoms with Gasteiger partial charge in [-0.1, -0.05) is 0 Å². The topological polar surface area (TPSA) is 85.8 Å². The van der Waals surface area contributed by atoms with E-state index >= 15 is 0 Å². The van der Waals surface area contributed by atoms with Crippen molar-refractivity contribution in [1.82, 2.24) is 14.9 Å². The van der Waals surface area contributed by atoms with E-state index in [9.17, 15) is 4.79 Å². The molecule has 1 aromatic heterocycles. The van der Waals surface area contributed by atoms with Crippen molar-refractivity contribution in [3.05, 3.63) is 35.8 Å². The Hall–Kier alpha value is -3.03. The lowest BCUT2D eigenvalue weighted by atomic mass is 10.1. The van der Waals surface area contributed by atoms with Gasteiger partial charge in [0.25, 0.3) is 0 Å². The van der Waals surface area contributed by atoms with Crippen LogP contribution in [0.25, 0.3) is 0 Å². The highest BCUT2D eigenvalue weighted by Crippen LogP contribution is 2.30. The zero-order valence-corrected chi connectivity index (χ0v) is 16.7. The Morgan fingerprint density at radius 2 is 1.93 bits per heavy atom. The average Bonchev–Trinajstić information content (AvgIpc) is 2.67. The largest absolute Gasteiger partial charge is 0.493 e. The van der Waals surface area contributed by atoms with Crippen molar-refractivity contribution in [3.8, 4) is 17.4 Å². The molecule has 2 heterocycles. The smallest absolute Gasteiger partial charge is 0.321 e. The third-order valence-electron chi connectivity index (χ3n) is 4.53. The molecule has 1 saturated heterocycles. The number of carbonyl (C=O) groups excluding carboxylic acids is 1. The molecule has 2 amide bonds. The summed E-state index contributed by atoms with van der Waals surface area (Å²) >= 11 is 0. The van der Waals surface area contributed by atoms with Gasteiger partial charge in [0.15, 0.2) is 11.5 Å². The van der Waals surface area contributed by atoms with Gasteiger partial charge in [-0.25, -0.2) is 9.78 Å². The summed E-state index contributed by atoms with van der Waals surface area (Å²) < 4.78 is 16.5. The number of ether oxygens (including phenoxy) is 3. The first-order chi connectivity index (χ1) is 13.5. The second-order valence-corrected chi connectivity index (χ2v) is 6.72. The fourth-order valence-electron chi connectivity index (χ4n) is 3.25.